The minimum absolute atomic E-state index is 0.00681. The number of anilines is 1. The van der Waals surface area contributed by atoms with Crippen LogP contribution >= 0.6 is 0 Å². The maximum Gasteiger partial charge on any atom is 0.277 e. The SMILES string of the molecule is CC(C)n1cc(NC(=O)c2c(-c3ccccc3)c(-c3ccccc3)n[nH]c2=O)cn1. The number of nitrogens with zero attached hydrogens (tertiary/aromatic N) is 3. The van der Waals surface area contributed by atoms with Gasteiger partial charge in [0.1, 0.15) is 5.56 Å². The molecule has 0 atom stereocenters. The van der Waals surface area contributed by atoms with Gasteiger partial charge in [-0.25, -0.2) is 5.10 Å². The first-order chi connectivity index (χ1) is 14.5. The molecule has 0 saturated heterocycles. The number of carbonyl (C=O) groups excluding carboxylic acids is 1. The van der Waals surface area contributed by atoms with Crippen molar-refractivity contribution in [2.45, 2.75) is 19.9 Å². The average Bonchev–Trinajstić information content (AvgIpc) is 3.23. The van der Waals surface area contributed by atoms with Crippen LogP contribution in [0.4, 0.5) is 5.69 Å². The highest BCUT2D eigenvalue weighted by atomic mass is 16.2. The second-order valence-electron chi connectivity index (χ2n) is 7.14. The van der Waals surface area contributed by atoms with Gasteiger partial charge in [0.2, 0.25) is 0 Å². The van der Waals surface area contributed by atoms with Crippen LogP contribution in [0, 0.1) is 0 Å². The summed E-state index contributed by atoms with van der Waals surface area (Å²) in [5, 5.41) is 13.8. The number of hydrogen-bond acceptors (Lipinski definition) is 4. The Labute approximate surface area is 173 Å². The number of benzene rings is 2. The number of carbonyl (C=O) groups is 1. The molecule has 4 rings (SSSR count). The molecule has 0 unspecified atom stereocenters. The minimum atomic E-state index is -0.553. The van der Waals surface area contributed by atoms with Gasteiger partial charge in [-0.3, -0.25) is 14.3 Å². The van der Waals surface area contributed by atoms with E-state index < -0.39 is 11.5 Å². The molecule has 0 bridgehead atoms. The Morgan fingerprint density at radius 1 is 1.00 bits per heavy atom. The van der Waals surface area contributed by atoms with Crippen LogP contribution in [0.15, 0.2) is 77.9 Å². The summed E-state index contributed by atoms with van der Waals surface area (Å²) in [6.45, 7) is 3.98. The summed E-state index contributed by atoms with van der Waals surface area (Å²) >= 11 is 0. The van der Waals surface area contributed by atoms with E-state index in [4.69, 9.17) is 0 Å². The van der Waals surface area contributed by atoms with Gasteiger partial charge in [0, 0.05) is 23.4 Å². The number of aromatic amines is 1. The number of aromatic nitrogens is 4. The number of hydrogen-bond donors (Lipinski definition) is 2. The van der Waals surface area contributed by atoms with Gasteiger partial charge in [0.05, 0.1) is 17.6 Å². The van der Waals surface area contributed by atoms with E-state index in [-0.39, 0.29) is 11.6 Å². The lowest BCUT2D eigenvalue weighted by Crippen LogP contribution is -2.26. The molecule has 0 aliphatic heterocycles. The van der Waals surface area contributed by atoms with Crippen LogP contribution in [0.25, 0.3) is 22.4 Å². The van der Waals surface area contributed by atoms with Crippen LogP contribution in [0.3, 0.4) is 0 Å². The van der Waals surface area contributed by atoms with Crippen molar-refractivity contribution in [3.8, 4) is 22.4 Å². The van der Waals surface area contributed by atoms with E-state index in [0.717, 1.165) is 11.1 Å². The largest absolute Gasteiger partial charge is 0.319 e. The number of H-pyrrole nitrogens is 1. The Morgan fingerprint density at radius 3 is 2.23 bits per heavy atom. The number of nitrogens with one attached hydrogen (secondary N) is 2. The molecule has 1 amide bonds. The van der Waals surface area contributed by atoms with E-state index in [0.29, 0.717) is 16.9 Å². The predicted octanol–water partition coefficient (Wildman–Crippen LogP) is 4.13. The van der Waals surface area contributed by atoms with Crippen LogP contribution < -0.4 is 10.9 Å². The molecule has 7 heteroatoms. The normalized spacial score (nSPS) is 10.9. The van der Waals surface area contributed by atoms with Gasteiger partial charge in [-0.2, -0.15) is 10.2 Å². The van der Waals surface area contributed by atoms with Crippen molar-refractivity contribution in [3.05, 3.63) is 89.0 Å². The molecule has 4 aromatic rings. The van der Waals surface area contributed by atoms with E-state index in [1.165, 1.54) is 0 Å². The third-order valence-electron chi connectivity index (χ3n) is 4.71. The van der Waals surface area contributed by atoms with Crippen LogP contribution in [-0.2, 0) is 0 Å². The summed E-state index contributed by atoms with van der Waals surface area (Å²) in [6, 6.07) is 18.9. The maximum atomic E-state index is 13.2. The zero-order chi connectivity index (χ0) is 21.1. The smallest absolute Gasteiger partial charge is 0.277 e. The molecule has 150 valence electrons. The Kier molecular flexibility index (Phi) is 5.26. The highest BCUT2D eigenvalue weighted by molar-refractivity contribution is 6.10. The summed E-state index contributed by atoms with van der Waals surface area (Å²) in [7, 11) is 0. The van der Waals surface area contributed by atoms with Gasteiger partial charge in [-0.1, -0.05) is 60.7 Å². The average molecular weight is 399 g/mol. The van der Waals surface area contributed by atoms with Gasteiger partial charge < -0.3 is 5.32 Å². The summed E-state index contributed by atoms with van der Waals surface area (Å²) in [5.41, 5.74) is 2.52. The molecule has 2 aromatic heterocycles. The lowest BCUT2D eigenvalue weighted by atomic mass is 9.95. The molecule has 0 saturated carbocycles. The van der Waals surface area contributed by atoms with E-state index in [1.54, 1.807) is 17.1 Å². The van der Waals surface area contributed by atoms with Crippen molar-refractivity contribution in [2.24, 2.45) is 0 Å². The third kappa shape index (κ3) is 3.77. The fourth-order valence-electron chi connectivity index (χ4n) is 3.24. The van der Waals surface area contributed by atoms with E-state index in [1.807, 2.05) is 74.5 Å². The molecule has 0 spiro atoms. The van der Waals surface area contributed by atoms with E-state index >= 15 is 0 Å². The molecule has 0 aliphatic carbocycles. The van der Waals surface area contributed by atoms with Crippen molar-refractivity contribution in [1.82, 2.24) is 20.0 Å². The molecular weight excluding hydrogens is 378 g/mol. The van der Waals surface area contributed by atoms with E-state index in [2.05, 4.69) is 20.6 Å². The van der Waals surface area contributed by atoms with E-state index in [9.17, 15) is 9.59 Å². The molecule has 7 nitrogen and oxygen atoms in total. The highest BCUT2D eigenvalue weighted by Gasteiger charge is 2.23. The topological polar surface area (TPSA) is 92.7 Å². The van der Waals surface area contributed by atoms with Crippen molar-refractivity contribution < 1.29 is 4.79 Å². The second-order valence-corrected chi connectivity index (χ2v) is 7.14. The van der Waals surface area contributed by atoms with Crippen LogP contribution in [0.5, 0.6) is 0 Å². The Hall–Kier alpha value is -4.00. The lowest BCUT2D eigenvalue weighted by molar-refractivity contribution is 0.102. The van der Waals surface area contributed by atoms with Crippen molar-refractivity contribution in [1.29, 1.82) is 0 Å². The van der Waals surface area contributed by atoms with Gasteiger partial charge >= 0.3 is 0 Å². The zero-order valence-corrected chi connectivity index (χ0v) is 16.7. The monoisotopic (exact) mass is 399 g/mol. The number of rotatable bonds is 5. The Bertz CT molecular complexity index is 1230. The minimum Gasteiger partial charge on any atom is -0.319 e. The zero-order valence-electron chi connectivity index (χ0n) is 16.7. The first kappa shape index (κ1) is 19.3. The fraction of sp³-hybridized carbons (Fsp3) is 0.130. The van der Waals surface area contributed by atoms with Gasteiger partial charge in [0.25, 0.3) is 11.5 Å². The summed E-state index contributed by atoms with van der Waals surface area (Å²) in [5.74, 6) is -0.516. The third-order valence-corrected chi connectivity index (χ3v) is 4.71. The quantitative estimate of drug-likeness (QED) is 0.528. The van der Waals surface area contributed by atoms with Crippen LogP contribution in [0.1, 0.15) is 30.2 Å². The van der Waals surface area contributed by atoms with Crippen molar-refractivity contribution in [3.63, 3.8) is 0 Å². The van der Waals surface area contributed by atoms with Crippen molar-refractivity contribution in [2.75, 3.05) is 5.32 Å². The van der Waals surface area contributed by atoms with Crippen LogP contribution in [0.2, 0.25) is 0 Å². The van der Waals surface area contributed by atoms with Gasteiger partial charge in [-0.05, 0) is 19.4 Å². The predicted molar refractivity (Wildman–Crippen MR) is 116 cm³/mol. The second kappa shape index (κ2) is 8.16. The maximum absolute atomic E-state index is 13.2. The molecule has 0 aliphatic rings. The molecule has 0 fully saturated rings. The van der Waals surface area contributed by atoms with Gasteiger partial charge in [-0.15, -0.1) is 0 Å². The summed E-state index contributed by atoms with van der Waals surface area (Å²) < 4.78 is 1.74. The Balaban J connectivity index is 1.86. The lowest BCUT2D eigenvalue weighted by Gasteiger charge is -2.13. The standard InChI is InChI=1S/C23H21N5O2/c1-15(2)28-14-18(13-24-28)25-22(29)20-19(16-9-5-3-6-10-16)21(26-27-23(20)30)17-11-7-4-8-12-17/h3-15H,1-2H3,(H,25,29)(H,27,30). The molecule has 30 heavy (non-hydrogen) atoms. The molecule has 0 radical (unpaired) electrons. The first-order valence-electron chi connectivity index (χ1n) is 9.63. The fourth-order valence-corrected chi connectivity index (χ4v) is 3.24. The van der Waals surface area contributed by atoms with Crippen LogP contribution in [-0.4, -0.2) is 25.9 Å². The highest BCUT2D eigenvalue weighted by Crippen LogP contribution is 2.31. The molecular formula is C23H21N5O2. The summed E-state index contributed by atoms with van der Waals surface area (Å²) in [6.07, 6.45) is 3.30. The summed E-state index contributed by atoms with van der Waals surface area (Å²) in [4.78, 5) is 25.9. The van der Waals surface area contributed by atoms with Gasteiger partial charge in [0.15, 0.2) is 0 Å². The first-order valence-corrected chi connectivity index (χ1v) is 9.63. The molecule has 2 heterocycles. The molecule has 2 N–H and O–H groups in total. The van der Waals surface area contributed by atoms with Crippen molar-refractivity contribution >= 4 is 11.6 Å². The number of amides is 1. The molecule has 2 aromatic carbocycles. The Morgan fingerprint density at radius 2 is 1.63 bits per heavy atom.